The number of rotatable bonds is 3. The molecule has 0 saturated carbocycles. The van der Waals surface area contributed by atoms with Crippen molar-refractivity contribution in [3.05, 3.63) is 10.2 Å². The van der Waals surface area contributed by atoms with Gasteiger partial charge >= 0.3 is 0 Å². The molecule has 0 aliphatic rings. The Morgan fingerprint density at radius 1 is 1.58 bits per heavy atom. The summed E-state index contributed by atoms with van der Waals surface area (Å²) in [6, 6.07) is 0. The van der Waals surface area contributed by atoms with Gasteiger partial charge in [0.05, 0.1) is 5.69 Å². The van der Waals surface area contributed by atoms with Crippen molar-refractivity contribution in [3.63, 3.8) is 0 Å². The number of nitrogens with zero attached hydrogens (tertiary/aromatic N) is 2. The standard InChI is InChI=1S/C6H9BrN2O2S/c1-4-5(7)6(9(2)8-4)10-11-12-3/h1-3H3. The molecule has 12 heavy (non-hydrogen) atoms. The van der Waals surface area contributed by atoms with Crippen LogP contribution < -0.4 is 4.89 Å². The molecule has 0 spiro atoms. The molecule has 0 aliphatic carbocycles. The molecule has 0 atom stereocenters. The van der Waals surface area contributed by atoms with Gasteiger partial charge in [-0.05, 0) is 22.9 Å². The molecule has 0 saturated heterocycles. The fourth-order valence-electron chi connectivity index (χ4n) is 0.768. The molecule has 6 heteroatoms. The maximum absolute atomic E-state index is 4.95. The molecule has 0 aromatic carbocycles. The molecule has 0 amide bonds. The van der Waals surface area contributed by atoms with Gasteiger partial charge in [0.25, 0.3) is 5.88 Å². The van der Waals surface area contributed by atoms with Gasteiger partial charge in [-0.2, -0.15) is 5.10 Å². The van der Waals surface area contributed by atoms with Crippen LogP contribution in [0.2, 0.25) is 0 Å². The van der Waals surface area contributed by atoms with Crippen molar-refractivity contribution in [2.45, 2.75) is 6.92 Å². The number of aromatic nitrogens is 2. The van der Waals surface area contributed by atoms with Crippen LogP contribution in [0.3, 0.4) is 0 Å². The van der Waals surface area contributed by atoms with Gasteiger partial charge in [-0.15, -0.1) is 4.33 Å². The average molecular weight is 253 g/mol. The van der Waals surface area contributed by atoms with E-state index < -0.39 is 0 Å². The Balaban J connectivity index is 2.82. The molecule has 0 unspecified atom stereocenters. The van der Waals surface area contributed by atoms with E-state index in [2.05, 4.69) is 21.0 Å². The predicted molar refractivity (Wildman–Crippen MR) is 50.9 cm³/mol. The molecular formula is C6H9BrN2O2S. The normalized spacial score (nSPS) is 10.3. The molecule has 1 rings (SSSR count). The minimum absolute atomic E-state index is 0.571. The summed E-state index contributed by atoms with van der Waals surface area (Å²) < 4.78 is 7.15. The van der Waals surface area contributed by atoms with E-state index in [1.807, 2.05) is 6.92 Å². The van der Waals surface area contributed by atoms with Crippen molar-refractivity contribution >= 4 is 28.0 Å². The van der Waals surface area contributed by atoms with Gasteiger partial charge in [-0.1, -0.05) is 0 Å². The fourth-order valence-corrected chi connectivity index (χ4v) is 1.30. The van der Waals surface area contributed by atoms with Crippen LogP contribution >= 0.6 is 28.0 Å². The molecular weight excluding hydrogens is 244 g/mol. The molecule has 1 heterocycles. The third-order valence-electron chi connectivity index (χ3n) is 1.28. The summed E-state index contributed by atoms with van der Waals surface area (Å²) >= 11 is 4.47. The van der Waals surface area contributed by atoms with Crippen molar-refractivity contribution in [2.75, 3.05) is 6.26 Å². The predicted octanol–water partition coefficient (Wildman–Crippen LogP) is 2.08. The Kier molecular flexibility index (Phi) is 3.42. The third kappa shape index (κ3) is 1.94. The molecule has 0 radical (unpaired) electrons. The number of hydrogen-bond donors (Lipinski definition) is 0. The lowest BCUT2D eigenvalue weighted by atomic mass is 10.5. The van der Waals surface area contributed by atoms with Crippen LogP contribution in [0, 0.1) is 6.92 Å². The van der Waals surface area contributed by atoms with Crippen LogP contribution in [0.1, 0.15) is 5.69 Å². The second-order valence-corrected chi connectivity index (χ2v) is 3.41. The van der Waals surface area contributed by atoms with Gasteiger partial charge < -0.3 is 4.89 Å². The maximum atomic E-state index is 4.95. The summed E-state index contributed by atoms with van der Waals surface area (Å²) in [5.74, 6) is 0.571. The SMILES string of the molecule is CSOOc1c(Br)c(C)nn1C. The van der Waals surface area contributed by atoms with Crippen molar-refractivity contribution < 1.29 is 9.22 Å². The Morgan fingerprint density at radius 2 is 2.25 bits per heavy atom. The van der Waals surface area contributed by atoms with Crippen LogP contribution in [0.25, 0.3) is 0 Å². The van der Waals surface area contributed by atoms with E-state index in [-0.39, 0.29) is 0 Å². The lowest BCUT2D eigenvalue weighted by molar-refractivity contribution is -0.0860. The zero-order valence-corrected chi connectivity index (χ0v) is 9.40. The van der Waals surface area contributed by atoms with E-state index in [0.717, 1.165) is 22.2 Å². The fraction of sp³-hybridized carbons (Fsp3) is 0.500. The Morgan fingerprint density at radius 3 is 2.67 bits per heavy atom. The summed E-state index contributed by atoms with van der Waals surface area (Å²) in [6.07, 6.45) is 1.77. The highest BCUT2D eigenvalue weighted by Gasteiger charge is 2.12. The summed E-state index contributed by atoms with van der Waals surface area (Å²) in [5, 5.41) is 4.12. The van der Waals surface area contributed by atoms with Crippen molar-refractivity contribution in [3.8, 4) is 5.88 Å². The van der Waals surface area contributed by atoms with Crippen LogP contribution in [-0.4, -0.2) is 16.0 Å². The Bertz CT molecular complexity index is 277. The topological polar surface area (TPSA) is 36.3 Å². The lowest BCUT2D eigenvalue weighted by Crippen LogP contribution is -1.97. The summed E-state index contributed by atoms with van der Waals surface area (Å²) in [6.45, 7) is 1.88. The maximum Gasteiger partial charge on any atom is 0.270 e. The summed E-state index contributed by atoms with van der Waals surface area (Å²) in [4.78, 5) is 4.95. The van der Waals surface area contributed by atoms with Gasteiger partial charge in [0.2, 0.25) is 0 Å². The van der Waals surface area contributed by atoms with Gasteiger partial charge in [-0.3, -0.25) is 0 Å². The molecule has 0 N–H and O–H groups in total. The first kappa shape index (κ1) is 9.88. The van der Waals surface area contributed by atoms with E-state index in [1.165, 1.54) is 0 Å². The van der Waals surface area contributed by atoms with E-state index >= 15 is 0 Å². The van der Waals surface area contributed by atoms with Crippen molar-refractivity contribution in [1.82, 2.24) is 9.78 Å². The monoisotopic (exact) mass is 252 g/mol. The van der Waals surface area contributed by atoms with Crippen molar-refractivity contribution in [1.29, 1.82) is 0 Å². The minimum atomic E-state index is 0.571. The van der Waals surface area contributed by atoms with Gasteiger partial charge in [-0.25, -0.2) is 4.68 Å². The lowest BCUT2D eigenvalue weighted by Gasteiger charge is -2.00. The molecule has 0 aliphatic heterocycles. The van der Waals surface area contributed by atoms with Crippen LogP contribution in [0.4, 0.5) is 0 Å². The number of halogens is 1. The highest BCUT2D eigenvalue weighted by molar-refractivity contribution is 9.10. The summed E-state index contributed by atoms with van der Waals surface area (Å²) in [5.41, 5.74) is 0.872. The van der Waals surface area contributed by atoms with E-state index in [1.54, 1.807) is 18.0 Å². The molecule has 4 nitrogen and oxygen atoms in total. The highest BCUT2D eigenvalue weighted by Crippen LogP contribution is 2.27. The first-order chi connectivity index (χ1) is 5.66. The third-order valence-corrected chi connectivity index (χ3v) is 2.40. The van der Waals surface area contributed by atoms with E-state index in [0.29, 0.717) is 5.88 Å². The van der Waals surface area contributed by atoms with E-state index in [4.69, 9.17) is 9.22 Å². The Hall–Kier alpha value is -0.200. The van der Waals surface area contributed by atoms with E-state index in [9.17, 15) is 0 Å². The largest absolute Gasteiger partial charge is 0.304 e. The quantitative estimate of drug-likeness (QED) is 0.469. The first-order valence-electron chi connectivity index (χ1n) is 3.23. The molecule has 68 valence electrons. The molecule has 1 aromatic heterocycles. The first-order valence-corrected chi connectivity index (χ1v) is 5.17. The van der Waals surface area contributed by atoms with Gasteiger partial charge in [0.1, 0.15) is 4.47 Å². The minimum Gasteiger partial charge on any atom is -0.304 e. The average Bonchev–Trinajstić information content (AvgIpc) is 2.25. The van der Waals surface area contributed by atoms with Crippen LogP contribution in [0.5, 0.6) is 5.88 Å². The van der Waals surface area contributed by atoms with Crippen LogP contribution in [-0.2, 0) is 11.4 Å². The zero-order chi connectivity index (χ0) is 9.14. The van der Waals surface area contributed by atoms with Crippen molar-refractivity contribution in [2.24, 2.45) is 7.05 Å². The molecule has 0 bridgehead atoms. The highest BCUT2D eigenvalue weighted by atomic mass is 79.9. The number of hydrogen-bond acceptors (Lipinski definition) is 4. The number of aryl methyl sites for hydroxylation is 2. The van der Waals surface area contributed by atoms with Crippen LogP contribution in [0.15, 0.2) is 4.47 Å². The van der Waals surface area contributed by atoms with Gasteiger partial charge in [0.15, 0.2) is 0 Å². The second-order valence-electron chi connectivity index (χ2n) is 2.15. The van der Waals surface area contributed by atoms with Gasteiger partial charge in [0, 0.05) is 25.3 Å². The Labute approximate surface area is 83.5 Å². The molecule has 1 aromatic rings. The second kappa shape index (κ2) is 4.15. The molecule has 0 fully saturated rings. The zero-order valence-electron chi connectivity index (χ0n) is 7.00. The summed E-state index contributed by atoms with van der Waals surface area (Å²) in [7, 11) is 1.79. The smallest absolute Gasteiger partial charge is 0.270 e.